The summed E-state index contributed by atoms with van der Waals surface area (Å²) in [6.07, 6.45) is -6.63. The highest BCUT2D eigenvalue weighted by Gasteiger charge is 2.44. The molecule has 116 valence electrons. The van der Waals surface area contributed by atoms with Crippen molar-refractivity contribution in [2.24, 2.45) is 0 Å². The number of ketones is 1. The van der Waals surface area contributed by atoms with E-state index in [0.29, 0.717) is 11.3 Å². The summed E-state index contributed by atoms with van der Waals surface area (Å²) in [6, 6.07) is 6.17. The first-order valence-electron chi connectivity index (χ1n) is 6.52. The Hall–Kier alpha value is -1.51. The Bertz CT molecular complexity index is 485. The molecule has 3 unspecified atom stereocenters. The molecular formula is C14H18O7. The molecule has 7 heteroatoms. The second-order valence-electron chi connectivity index (χ2n) is 4.90. The number of rotatable bonds is 4. The van der Waals surface area contributed by atoms with Gasteiger partial charge in [0.2, 0.25) is 6.29 Å². The van der Waals surface area contributed by atoms with Gasteiger partial charge >= 0.3 is 0 Å². The van der Waals surface area contributed by atoms with Gasteiger partial charge in [0.1, 0.15) is 30.2 Å². The number of hydrogen-bond donors (Lipinski definition) is 4. The van der Waals surface area contributed by atoms with Crippen LogP contribution < -0.4 is 4.74 Å². The molecule has 0 aliphatic carbocycles. The van der Waals surface area contributed by atoms with Crippen molar-refractivity contribution in [3.05, 3.63) is 29.8 Å². The second-order valence-corrected chi connectivity index (χ2v) is 4.90. The van der Waals surface area contributed by atoms with Gasteiger partial charge in [-0.05, 0) is 31.2 Å². The molecule has 1 saturated heterocycles. The van der Waals surface area contributed by atoms with Gasteiger partial charge in [0.15, 0.2) is 5.78 Å². The fourth-order valence-corrected chi connectivity index (χ4v) is 2.07. The van der Waals surface area contributed by atoms with Crippen molar-refractivity contribution < 1.29 is 34.7 Å². The Balaban J connectivity index is 2.08. The lowest BCUT2D eigenvalue weighted by Crippen LogP contribution is -2.60. The van der Waals surface area contributed by atoms with E-state index in [2.05, 4.69) is 0 Å². The summed E-state index contributed by atoms with van der Waals surface area (Å²) in [4.78, 5) is 11.2. The summed E-state index contributed by atoms with van der Waals surface area (Å²) < 4.78 is 10.6. The van der Waals surface area contributed by atoms with Crippen LogP contribution in [0.3, 0.4) is 0 Å². The Kier molecular flexibility index (Phi) is 4.92. The molecule has 7 nitrogen and oxygen atoms in total. The minimum absolute atomic E-state index is 0.0885. The topological polar surface area (TPSA) is 116 Å². The van der Waals surface area contributed by atoms with Crippen molar-refractivity contribution in [3.63, 3.8) is 0 Å². The van der Waals surface area contributed by atoms with Gasteiger partial charge in [-0.3, -0.25) is 4.79 Å². The van der Waals surface area contributed by atoms with E-state index in [9.17, 15) is 20.1 Å². The largest absolute Gasteiger partial charge is 0.462 e. The van der Waals surface area contributed by atoms with Crippen molar-refractivity contribution in [2.75, 3.05) is 6.61 Å². The Morgan fingerprint density at radius 3 is 2.29 bits per heavy atom. The monoisotopic (exact) mass is 298 g/mol. The van der Waals surface area contributed by atoms with Gasteiger partial charge in [0.25, 0.3) is 0 Å². The van der Waals surface area contributed by atoms with E-state index in [0.717, 1.165) is 0 Å². The molecule has 1 fully saturated rings. The minimum Gasteiger partial charge on any atom is -0.462 e. The van der Waals surface area contributed by atoms with Crippen LogP contribution in [0.25, 0.3) is 0 Å². The standard InChI is InChI=1S/C14H18O7/c1-7(16)8-2-4-9(5-3-8)20-14-13(19)12(18)11(17)10(6-15)21-14/h2-5,10-15,17-19H,6H2,1H3/t10?,11-,12?,13?,14+/m0/s1. The minimum atomic E-state index is -1.49. The van der Waals surface area contributed by atoms with Gasteiger partial charge in [-0.2, -0.15) is 0 Å². The van der Waals surface area contributed by atoms with Gasteiger partial charge in [-0.1, -0.05) is 0 Å². The number of carbonyl (C=O) groups is 1. The highest BCUT2D eigenvalue weighted by Crippen LogP contribution is 2.24. The molecule has 5 atom stereocenters. The van der Waals surface area contributed by atoms with Crippen molar-refractivity contribution in [3.8, 4) is 5.75 Å². The van der Waals surface area contributed by atoms with Gasteiger partial charge in [0, 0.05) is 5.56 Å². The highest BCUT2D eigenvalue weighted by atomic mass is 16.7. The first kappa shape index (κ1) is 15.9. The fraction of sp³-hybridized carbons (Fsp3) is 0.500. The molecule has 2 rings (SSSR count). The summed E-state index contributed by atoms with van der Waals surface area (Å²) in [6.45, 7) is 0.918. The molecule has 1 aliphatic heterocycles. The number of hydrogen-bond acceptors (Lipinski definition) is 7. The van der Waals surface area contributed by atoms with Crippen LogP contribution in [-0.4, -0.2) is 63.5 Å². The number of ether oxygens (including phenoxy) is 2. The van der Waals surface area contributed by atoms with Crippen molar-refractivity contribution in [1.82, 2.24) is 0 Å². The van der Waals surface area contributed by atoms with E-state index >= 15 is 0 Å². The number of benzene rings is 1. The molecule has 21 heavy (non-hydrogen) atoms. The van der Waals surface area contributed by atoms with Crippen LogP contribution in [0, 0.1) is 0 Å². The molecule has 1 aromatic rings. The quantitative estimate of drug-likeness (QED) is 0.530. The van der Waals surface area contributed by atoms with E-state index in [4.69, 9.17) is 14.6 Å². The van der Waals surface area contributed by atoms with E-state index in [1.807, 2.05) is 0 Å². The molecule has 0 saturated carbocycles. The number of Topliss-reactive ketones (excluding diaryl/α,β-unsaturated/α-hetero) is 1. The van der Waals surface area contributed by atoms with E-state index in [1.54, 1.807) is 12.1 Å². The lowest BCUT2D eigenvalue weighted by Gasteiger charge is -2.39. The maximum Gasteiger partial charge on any atom is 0.229 e. The molecular weight excluding hydrogens is 280 g/mol. The molecule has 0 radical (unpaired) electrons. The summed E-state index contributed by atoms with van der Waals surface area (Å²) >= 11 is 0. The predicted octanol–water partition coefficient (Wildman–Crippen LogP) is -0.932. The Labute approximate surface area is 121 Å². The second kappa shape index (κ2) is 6.50. The summed E-state index contributed by atoms with van der Waals surface area (Å²) in [7, 11) is 0. The summed E-state index contributed by atoms with van der Waals surface area (Å²) in [5.74, 6) is 0.235. The maximum atomic E-state index is 11.2. The van der Waals surface area contributed by atoms with E-state index in [-0.39, 0.29) is 5.78 Å². The smallest absolute Gasteiger partial charge is 0.229 e. The molecule has 1 heterocycles. The van der Waals surface area contributed by atoms with Crippen LogP contribution in [0.1, 0.15) is 17.3 Å². The third-order valence-corrected chi connectivity index (χ3v) is 3.36. The van der Waals surface area contributed by atoms with Crippen LogP contribution in [0.2, 0.25) is 0 Å². The molecule has 4 N–H and O–H groups in total. The average molecular weight is 298 g/mol. The molecule has 0 aromatic heterocycles. The Morgan fingerprint density at radius 1 is 1.14 bits per heavy atom. The van der Waals surface area contributed by atoms with Crippen LogP contribution in [-0.2, 0) is 4.74 Å². The molecule has 0 bridgehead atoms. The van der Waals surface area contributed by atoms with Crippen LogP contribution >= 0.6 is 0 Å². The fourth-order valence-electron chi connectivity index (χ4n) is 2.07. The van der Waals surface area contributed by atoms with E-state index in [1.165, 1.54) is 19.1 Å². The van der Waals surface area contributed by atoms with Crippen molar-refractivity contribution in [1.29, 1.82) is 0 Å². The first-order chi connectivity index (χ1) is 9.93. The number of aliphatic hydroxyl groups is 4. The van der Waals surface area contributed by atoms with Crippen molar-refractivity contribution in [2.45, 2.75) is 37.6 Å². The van der Waals surface area contributed by atoms with Crippen LogP contribution in [0.5, 0.6) is 5.75 Å². The van der Waals surface area contributed by atoms with Crippen LogP contribution in [0.15, 0.2) is 24.3 Å². The van der Waals surface area contributed by atoms with Gasteiger partial charge < -0.3 is 29.9 Å². The van der Waals surface area contributed by atoms with Gasteiger partial charge in [-0.15, -0.1) is 0 Å². The molecule has 1 aromatic carbocycles. The molecule has 1 aliphatic rings. The zero-order valence-electron chi connectivity index (χ0n) is 11.4. The summed E-state index contributed by atoms with van der Waals surface area (Å²) in [5.41, 5.74) is 0.510. The highest BCUT2D eigenvalue weighted by molar-refractivity contribution is 5.94. The number of carbonyl (C=O) groups excluding carboxylic acids is 1. The molecule has 0 spiro atoms. The lowest BCUT2D eigenvalue weighted by atomic mass is 9.99. The normalized spacial score (nSPS) is 32.7. The van der Waals surface area contributed by atoms with Gasteiger partial charge in [-0.25, -0.2) is 0 Å². The average Bonchev–Trinajstić information content (AvgIpc) is 2.48. The maximum absolute atomic E-state index is 11.2. The Morgan fingerprint density at radius 2 is 1.76 bits per heavy atom. The van der Waals surface area contributed by atoms with Crippen LogP contribution in [0.4, 0.5) is 0 Å². The van der Waals surface area contributed by atoms with E-state index < -0.39 is 37.3 Å². The zero-order chi connectivity index (χ0) is 15.6. The van der Waals surface area contributed by atoms with Crippen molar-refractivity contribution >= 4 is 5.78 Å². The molecule has 0 amide bonds. The lowest BCUT2D eigenvalue weighted by molar-refractivity contribution is -0.277. The summed E-state index contributed by atoms with van der Waals surface area (Å²) in [5, 5.41) is 38.2. The van der Waals surface area contributed by atoms with Gasteiger partial charge in [0.05, 0.1) is 6.61 Å². The third kappa shape index (κ3) is 3.39. The first-order valence-corrected chi connectivity index (χ1v) is 6.52. The SMILES string of the molecule is CC(=O)c1ccc(O[C@@H]2OC(CO)[C@H](O)C(O)C2O)cc1. The zero-order valence-corrected chi connectivity index (χ0v) is 11.4. The third-order valence-electron chi connectivity index (χ3n) is 3.36. The predicted molar refractivity (Wildman–Crippen MR) is 70.8 cm³/mol. The number of aliphatic hydroxyl groups excluding tert-OH is 4.